The smallest absolute Gasteiger partial charge is 0.284 e. The molecule has 2 unspecified atom stereocenters. The number of ether oxygens (including phenoxy) is 1. The van der Waals surface area contributed by atoms with Gasteiger partial charge in [0.1, 0.15) is 0 Å². The lowest BCUT2D eigenvalue weighted by atomic mass is 10.1. The highest BCUT2D eigenvalue weighted by Gasteiger charge is 2.36. The van der Waals surface area contributed by atoms with Crippen LogP contribution in [0.1, 0.15) is 71.1 Å². The van der Waals surface area contributed by atoms with Crippen molar-refractivity contribution in [1.82, 2.24) is 0 Å². The van der Waals surface area contributed by atoms with Gasteiger partial charge in [-0.1, -0.05) is 75.8 Å². The SMILES string of the molecule is CCCCCC1OC1CCCCCCC=CC=CC=CC(=O)S(N)(=O)=O. The van der Waals surface area contributed by atoms with Crippen LogP contribution in [0.15, 0.2) is 36.5 Å². The molecule has 1 rings (SSSR count). The molecule has 0 radical (unpaired) electrons. The Hall–Kier alpha value is -1.24. The Kier molecular flexibility index (Phi) is 11.4. The first-order valence-electron chi connectivity index (χ1n) is 9.67. The minimum atomic E-state index is -4.11. The molecule has 0 bridgehead atoms. The molecule has 6 heteroatoms. The van der Waals surface area contributed by atoms with Gasteiger partial charge in [-0.25, -0.2) is 13.6 Å². The van der Waals surface area contributed by atoms with E-state index in [1.165, 1.54) is 57.4 Å². The number of sulfonamides is 1. The van der Waals surface area contributed by atoms with Crippen molar-refractivity contribution >= 4 is 15.1 Å². The first kappa shape index (κ1) is 22.8. The average Bonchev–Trinajstić information content (AvgIpc) is 3.33. The quantitative estimate of drug-likeness (QED) is 0.211. The summed E-state index contributed by atoms with van der Waals surface area (Å²) in [6.07, 6.45) is 23.0. The van der Waals surface area contributed by atoms with Gasteiger partial charge in [-0.15, -0.1) is 0 Å². The van der Waals surface area contributed by atoms with Crippen LogP contribution in [0, 0.1) is 0 Å². The first-order valence-corrected chi connectivity index (χ1v) is 11.2. The lowest BCUT2D eigenvalue weighted by Crippen LogP contribution is -2.21. The summed E-state index contributed by atoms with van der Waals surface area (Å²) in [5.41, 5.74) is 0. The van der Waals surface area contributed by atoms with E-state index in [1.807, 2.05) is 6.08 Å². The molecule has 2 atom stereocenters. The minimum Gasteiger partial charge on any atom is -0.370 e. The van der Waals surface area contributed by atoms with Crippen LogP contribution in [0.2, 0.25) is 0 Å². The number of nitrogens with two attached hydrogens (primary N) is 1. The van der Waals surface area contributed by atoms with E-state index in [9.17, 15) is 13.2 Å². The fourth-order valence-corrected chi connectivity index (χ4v) is 3.04. The molecule has 26 heavy (non-hydrogen) atoms. The Morgan fingerprint density at radius 3 is 2.19 bits per heavy atom. The zero-order valence-electron chi connectivity index (χ0n) is 15.8. The van der Waals surface area contributed by atoms with E-state index in [-0.39, 0.29) is 0 Å². The Morgan fingerprint density at radius 2 is 1.54 bits per heavy atom. The lowest BCUT2D eigenvalue weighted by molar-refractivity contribution is -0.107. The van der Waals surface area contributed by atoms with Crippen LogP contribution in [0.4, 0.5) is 0 Å². The van der Waals surface area contributed by atoms with Crippen LogP contribution in [0.25, 0.3) is 0 Å². The van der Waals surface area contributed by atoms with Crippen LogP contribution in [-0.2, 0) is 19.6 Å². The van der Waals surface area contributed by atoms with E-state index in [4.69, 9.17) is 4.74 Å². The Morgan fingerprint density at radius 1 is 0.923 bits per heavy atom. The summed E-state index contributed by atoms with van der Waals surface area (Å²) in [6, 6.07) is 0. The largest absolute Gasteiger partial charge is 0.370 e. The van der Waals surface area contributed by atoms with Gasteiger partial charge in [0.25, 0.3) is 15.1 Å². The maximum Gasteiger partial charge on any atom is 0.284 e. The van der Waals surface area contributed by atoms with Gasteiger partial charge in [-0.3, -0.25) is 4.79 Å². The maximum atomic E-state index is 11.0. The van der Waals surface area contributed by atoms with Gasteiger partial charge in [0.2, 0.25) is 0 Å². The maximum absolute atomic E-state index is 11.0. The second kappa shape index (κ2) is 13.0. The zero-order chi connectivity index (χ0) is 19.3. The van der Waals surface area contributed by atoms with Crippen molar-refractivity contribution in [2.75, 3.05) is 0 Å². The van der Waals surface area contributed by atoms with Crippen LogP contribution in [0.5, 0.6) is 0 Å². The number of primary sulfonamides is 1. The molecule has 0 saturated carbocycles. The van der Waals surface area contributed by atoms with Gasteiger partial charge >= 0.3 is 0 Å². The molecule has 1 saturated heterocycles. The van der Waals surface area contributed by atoms with Crippen LogP contribution < -0.4 is 5.14 Å². The van der Waals surface area contributed by atoms with Gasteiger partial charge in [0.05, 0.1) is 12.2 Å². The lowest BCUT2D eigenvalue weighted by Gasteiger charge is -1.98. The summed E-state index contributed by atoms with van der Waals surface area (Å²) in [6.45, 7) is 2.23. The van der Waals surface area contributed by atoms with Crippen molar-refractivity contribution in [3.63, 3.8) is 0 Å². The minimum absolute atomic E-state index is 0.533. The number of allylic oxidation sites excluding steroid dienone is 5. The molecule has 0 aromatic heterocycles. The summed E-state index contributed by atoms with van der Waals surface area (Å²) in [4.78, 5) is 11.0. The van der Waals surface area contributed by atoms with E-state index >= 15 is 0 Å². The first-order chi connectivity index (χ1) is 12.4. The summed E-state index contributed by atoms with van der Waals surface area (Å²) in [5.74, 6) is 0. The molecule has 0 aromatic rings. The molecular formula is C20H33NO4S. The molecule has 1 fully saturated rings. The average molecular weight is 384 g/mol. The molecular weight excluding hydrogens is 350 g/mol. The molecule has 2 N–H and O–H groups in total. The van der Waals surface area contributed by atoms with Gasteiger partial charge < -0.3 is 4.74 Å². The van der Waals surface area contributed by atoms with Crippen molar-refractivity contribution in [3.05, 3.63) is 36.5 Å². The van der Waals surface area contributed by atoms with Crippen molar-refractivity contribution in [3.8, 4) is 0 Å². The molecule has 0 aromatic carbocycles. The summed E-state index contributed by atoms with van der Waals surface area (Å²) < 4.78 is 27.1. The van der Waals surface area contributed by atoms with E-state index in [0.717, 1.165) is 18.9 Å². The summed E-state index contributed by atoms with van der Waals surface area (Å²) in [7, 11) is -4.11. The van der Waals surface area contributed by atoms with E-state index in [2.05, 4.69) is 18.1 Å². The molecule has 5 nitrogen and oxygen atoms in total. The van der Waals surface area contributed by atoms with E-state index in [0.29, 0.717) is 12.2 Å². The highest BCUT2D eigenvalue weighted by Crippen LogP contribution is 2.31. The monoisotopic (exact) mass is 383 g/mol. The fraction of sp³-hybridized carbons (Fsp3) is 0.650. The normalized spacial score (nSPS) is 20.5. The summed E-state index contributed by atoms with van der Waals surface area (Å²) in [5, 5.41) is 3.60. The second-order valence-corrected chi connectivity index (χ2v) is 8.23. The van der Waals surface area contributed by atoms with Crippen molar-refractivity contribution < 1.29 is 17.9 Å². The number of epoxide rings is 1. The fourth-order valence-electron chi connectivity index (χ4n) is 2.78. The number of carbonyl (C=O) groups excluding carboxylic acids is 1. The van der Waals surface area contributed by atoms with Gasteiger partial charge in [-0.05, 0) is 31.8 Å². The Balaban J connectivity index is 1.93. The summed E-state index contributed by atoms with van der Waals surface area (Å²) >= 11 is 0. The molecule has 1 aliphatic rings. The number of hydrogen-bond acceptors (Lipinski definition) is 4. The van der Waals surface area contributed by atoms with Crippen LogP contribution in [0.3, 0.4) is 0 Å². The van der Waals surface area contributed by atoms with Crippen LogP contribution >= 0.6 is 0 Å². The number of rotatable bonds is 14. The van der Waals surface area contributed by atoms with Gasteiger partial charge in [0, 0.05) is 0 Å². The zero-order valence-corrected chi connectivity index (χ0v) is 16.6. The number of unbranched alkanes of at least 4 members (excludes halogenated alkanes) is 6. The predicted molar refractivity (Wildman–Crippen MR) is 106 cm³/mol. The standard InChI is InChI=1S/C20H33NO4S/c1-2-3-12-15-18-19(25-18)16-13-10-8-6-4-5-7-9-11-14-17-20(22)26(21,23)24/h5,7,9,11,14,17-19H,2-4,6,8,10,12-13,15-16H2,1H3,(H2,21,23,24). The Bertz CT molecular complexity index is 593. The van der Waals surface area contributed by atoms with Gasteiger partial charge in [0.15, 0.2) is 0 Å². The number of carbonyl (C=O) groups is 1. The molecule has 1 heterocycles. The third-order valence-corrected chi connectivity index (χ3v) is 5.07. The van der Waals surface area contributed by atoms with Crippen molar-refractivity contribution in [2.45, 2.75) is 83.3 Å². The number of hydrogen-bond donors (Lipinski definition) is 1. The molecule has 148 valence electrons. The third-order valence-electron chi connectivity index (χ3n) is 4.37. The van der Waals surface area contributed by atoms with Crippen molar-refractivity contribution in [1.29, 1.82) is 0 Å². The van der Waals surface area contributed by atoms with Crippen LogP contribution in [-0.4, -0.2) is 25.7 Å². The highest BCUT2D eigenvalue weighted by atomic mass is 32.2. The van der Waals surface area contributed by atoms with Gasteiger partial charge in [-0.2, -0.15) is 0 Å². The molecule has 1 aliphatic heterocycles. The highest BCUT2D eigenvalue weighted by molar-refractivity contribution is 8.04. The molecule has 0 amide bonds. The predicted octanol–water partition coefficient (Wildman–Crippen LogP) is 4.16. The molecule has 0 spiro atoms. The third kappa shape index (κ3) is 11.4. The van der Waals surface area contributed by atoms with E-state index in [1.54, 1.807) is 12.2 Å². The molecule has 0 aliphatic carbocycles. The topological polar surface area (TPSA) is 89.8 Å². The Labute approximate surface area is 158 Å². The second-order valence-electron chi connectivity index (χ2n) is 6.74. The van der Waals surface area contributed by atoms with Crippen molar-refractivity contribution in [2.24, 2.45) is 5.14 Å². The van der Waals surface area contributed by atoms with E-state index < -0.39 is 15.1 Å².